The first-order valence-electron chi connectivity index (χ1n) is 8.29. The minimum Gasteiger partial charge on any atom is -0.494 e. The molecule has 1 N–H and O–H groups in total. The van der Waals surface area contributed by atoms with Crippen LogP contribution in [0.5, 0.6) is 11.5 Å². The zero-order valence-electron chi connectivity index (χ0n) is 14.6. The van der Waals surface area contributed by atoms with Crippen LogP contribution in [-0.4, -0.2) is 29.3 Å². The number of nitrogens with zero attached hydrogens (tertiary/aromatic N) is 2. The minimum atomic E-state index is -0.404. The monoisotopic (exact) mass is 353 g/mol. The quantitative estimate of drug-likeness (QED) is 0.695. The fourth-order valence-electron chi connectivity index (χ4n) is 2.36. The molecule has 3 rings (SSSR count). The Morgan fingerprint density at radius 2 is 2.00 bits per heavy atom. The van der Waals surface area contributed by atoms with Crippen molar-refractivity contribution in [1.29, 1.82) is 0 Å². The molecule has 26 heavy (non-hydrogen) atoms. The van der Waals surface area contributed by atoms with Gasteiger partial charge in [0.1, 0.15) is 11.5 Å². The van der Waals surface area contributed by atoms with Crippen LogP contribution in [0.25, 0.3) is 11.3 Å². The van der Waals surface area contributed by atoms with Crippen molar-refractivity contribution in [3.8, 4) is 22.8 Å². The van der Waals surface area contributed by atoms with E-state index in [1.807, 2.05) is 19.9 Å². The summed E-state index contributed by atoms with van der Waals surface area (Å²) in [4.78, 5) is 16.6. The highest BCUT2D eigenvalue weighted by molar-refractivity contribution is 6.04. The van der Waals surface area contributed by atoms with Crippen LogP contribution >= 0.6 is 0 Å². The maximum absolute atomic E-state index is 12.5. The van der Waals surface area contributed by atoms with Gasteiger partial charge in [0.05, 0.1) is 18.9 Å². The number of aromatic nitrogens is 2. The third-order valence-electron chi connectivity index (χ3n) is 3.50. The van der Waals surface area contributed by atoms with Crippen LogP contribution in [0.3, 0.4) is 0 Å². The third-order valence-corrected chi connectivity index (χ3v) is 3.50. The molecule has 0 unspecified atom stereocenters. The first-order valence-corrected chi connectivity index (χ1v) is 8.29. The molecule has 134 valence electrons. The van der Waals surface area contributed by atoms with Gasteiger partial charge in [0.25, 0.3) is 5.91 Å². The Bertz CT molecular complexity index is 878. The van der Waals surface area contributed by atoms with Crippen molar-refractivity contribution in [2.24, 2.45) is 0 Å². The maximum Gasteiger partial charge on any atom is 0.277 e. The number of benzene rings is 1. The second-order valence-corrected chi connectivity index (χ2v) is 5.30. The summed E-state index contributed by atoms with van der Waals surface area (Å²) < 4.78 is 16.3. The summed E-state index contributed by atoms with van der Waals surface area (Å²) in [6.45, 7) is 4.77. The number of hydrogen-bond donors (Lipinski definition) is 1. The van der Waals surface area contributed by atoms with Gasteiger partial charge in [-0.1, -0.05) is 5.16 Å². The Balaban J connectivity index is 1.81. The topological polar surface area (TPSA) is 86.5 Å². The standard InChI is InChI=1S/C19H19N3O4/c1-3-24-14-7-8-17(25-4-2)15(10-14)21-19(23)16-11-18(26-22-16)13-6-5-9-20-12-13/h5-12H,3-4H2,1-2H3,(H,21,23). The molecule has 1 aromatic carbocycles. The van der Waals surface area contributed by atoms with E-state index < -0.39 is 5.91 Å². The zero-order valence-corrected chi connectivity index (χ0v) is 14.6. The summed E-state index contributed by atoms with van der Waals surface area (Å²) in [5.74, 6) is 1.26. The number of carbonyl (C=O) groups excluding carboxylic acids is 1. The lowest BCUT2D eigenvalue weighted by molar-refractivity contribution is 0.101. The number of hydrogen-bond acceptors (Lipinski definition) is 6. The zero-order chi connectivity index (χ0) is 18.4. The summed E-state index contributed by atoms with van der Waals surface area (Å²) in [6, 6.07) is 10.4. The number of nitrogens with one attached hydrogen (secondary N) is 1. The van der Waals surface area contributed by atoms with Gasteiger partial charge in [0.15, 0.2) is 11.5 Å². The van der Waals surface area contributed by atoms with Crippen molar-refractivity contribution < 1.29 is 18.8 Å². The minimum absolute atomic E-state index is 0.160. The summed E-state index contributed by atoms with van der Waals surface area (Å²) in [7, 11) is 0. The Labute approximate surface area is 150 Å². The van der Waals surface area contributed by atoms with E-state index in [1.165, 1.54) is 0 Å². The van der Waals surface area contributed by atoms with E-state index in [0.29, 0.717) is 36.2 Å². The number of pyridine rings is 1. The van der Waals surface area contributed by atoms with Gasteiger partial charge in [0.2, 0.25) is 0 Å². The van der Waals surface area contributed by atoms with Gasteiger partial charge in [-0.25, -0.2) is 0 Å². The summed E-state index contributed by atoms with van der Waals surface area (Å²) in [6.07, 6.45) is 3.30. The molecule has 0 aliphatic carbocycles. The van der Waals surface area contributed by atoms with E-state index in [4.69, 9.17) is 14.0 Å². The first kappa shape index (κ1) is 17.5. The molecule has 0 aliphatic heterocycles. The average Bonchev–Trinajstić information content (AvgIpc) is 3.15. The molecule has 7 nitrogen and oxygen atoms in total. The average molecular weight is 353 g/mol. The van der Waals surface area contributed by atoms with Gasteiger partial charge in [-0.15, -0.1) is 0 Å². The van der Waals surface area contributed by atoms with Crippen LogP contribution < -0.4 is 14.8 Å². The van der Waals surface area contributed by atoms with Gasteiger partial charge in [-0.05, 0) is 38.1 Å². The van der Waals surface area contributed by atoms with Crippen molar-refractivity contribution in [3.63, 3.8) is 0 Å². The fourth-order valence-corrected chi connectivity index (χ4v) is 2.36. The van der Waals surface area contributed by atoms with E-state index in [9.17, 15) is 4.79 Å². The number of carbonyl (C=O) groups is 1. The fraction of sp³-hybridized carbons (Fsp3) is 0.211. The van der Waals surface area contributed by atoms with Crippen LogP contribution in [0.1, 0.15) is 24.3 Å². The SMILES string of the molecule is CCOc1ccc(OCC)c(NC(=O)c2cc(-c3cccnc3)on2)c1. The predicted molar refractivity (Wildman–Crippen MR) is 96.5 cm³/mol. The van der Waals surface area contributed by atoms with Crippen molar-refractivity contribution >= 4 is 11.6 Å². The molecule has 0 saturated heterocycles. The van der Waals surface area contributed by atoms with E-state index in [2.05, 4.69) is 15.5 Å². The van der Waals surface area contributed by atoms with Crippen molar-refractivity contribution in [3.05, 3.63) is 54.5 Å². The summed E-state index contributed by atoms with van der Waals surface area (Å²) in [5, 5.41) is 6.63. The highest BCUT2D eigenvalue weighted by atomic mass is 16.5. The molecule has 1 amide bonds. The third kappa shape index (κ3) is 4.00. The molecule has 2 heterocycles. The summed E-state index contributed by atoms with van der Waals surface area (Å²) in [5.41, 5.74) is 1.41. The Hall–Kier alpha value is -3.35. The van der Waals surface area contributed by atoms with E-state index in [1.54, 1.807) is 42.7 Å². The molecule has 0 aliphatic rings. The van der Waals surface area contributed by atoms with Gasteiger partial charge >= 0.3 is 0 Å². The molecule has 0 fully saturated rings. The molecule has 7 heteroatoms. The van der Waals surface area contributed by atoms with Gasteiger partial charge in [-0.2, -0.15) is 0 Å². The number of ether oxygens (including phenoxy) is 2. The molecule has 0 saturated carbocycles. The van der Waals surface area contributed by atoms with E-state index in [0.717, 1.165) is 5.56 Å². The number of anilines is 1. The van der Waals surface area contributed by atoms with Crippen molar-refractivity contribution in [2.75, 3.05) is 18.5 Å². The number of amides is 1. The largest absolute Gasteiger partial charge is 0.494 e. The lowest BCUT2D eigenvalue weighted by Gasteiger charge is -2.12. The second-order valence-electron chi connectivity index (χ2n) is 5.30. The second kappa shape index (κ2) is 8.15. The molecule has 2 aromatic heterocycles. The number of rotatable bonds is 7. The van der Waals surface area contributed by atoms with Crippen LogP contribution in [-0.2, 0) is 0 Å². The van der Waals surface area contributed by atoms with E-state index >= 15 is 0 Å². The van der Waals surface area contributed by atoms with Crippen LogP contribution in [0.15, 0.2) is 53.3 Å². The lowest BCUT2D eigenvalue weighted by atomic mass is 10.2. The molecule has 0 bridgehead atoms. The normalized spacial score (nSPS) is 10.4. The molecule has 0 atom stereocenters. The van der Waals surface area contributed by atoms with Gasteiger partial charge in [0, 0.05) is 30.1 Å². The maximum atomic E-state index is 12.5. The van der Waals surface area contributed by atoms with Gasteiger partial charge < -0.3 is 19.3 Å². The Kier molecular flexibility index (Phi) is 5.48. The molecular weight excluding hydrogens is 334 g/mol. The molecule has 0 spiro atoms. The van der Waals surface area contributed by atoms with Crippen LogP contribution in [0.4, 0.5) is 5.69 Å². The molecular formula is C19H19N3O4. The van der Waals surface area contributed by atoms with Crippen LogP contribution in [0, 0.1) is 0 Å². The van der Waals surface area contributed by atoms with Crippen molar-refractivity contribution in [2.45, 2.75) is 13.8 Å². The highest BCUT2D eigenvalue weighted by Gasteiger charge is 2.16. The van der Waals surface area contributed by atoms with E-state index in [-0.39, 0.29) is 5.69 Å². The van der Waals surface area contributed by atoms with Gasteiger partial charge in [-0.3, -0.25) is 9.78 Å². The van der Waals surface area contributed by atoms with Crippen molar-refractivity contribution in [1.82, 2.24) is 10.1 Å². The molecule has 3 aromatic rings. The highest BCUT2D eigenvalue weighted by Crippen LogP contribution is 2.30. The first-order chi connectivity index (χ1) is 12.7. The summed E-state index contributed by atoms with van der Waals surface area (Å²) >= 11 is 0. The van der Waals surface area contributed by atoms with Crippen LogP contribution in [0.2, 0.25) is 0 Å². The predicted octanol–water partition coefficient (Wildman–Crippen LogP) is 3.79. The lowest BCUT2D eigenvalue weighted by Crippen LogP contribution is -2.13. The Morgan fingerprint density at radius 1 is 1.15 bits per heavy atom. The Morgan fingerprint density at radius 3 is 2.73 bits per heavy atom. The smallest absolute Gasteiger partial charge is 0.277 e. The molecule has 0 radical (unpaired) electrons.